The van der Waals surface area contributed by atoms with Crippen molar-refractivity contribution in [2.75, 3.05) is 6.61 Å². The van der Waals surface area contributed by atoms with Crippen molar-refractivity contribution in [1.29, 1.82) is 0 Å². The minimum Gasteiger partial charge on any atom is -0.485 e. The Bertz CT molecular complexity index is 777. The summed E-state index contributed by atoms with van der Waals surface area (Å²) in [6, 6.07) is 11.5. The Morgan fingerprint density at radius 2 is 1.84 bits per heavy atom. The lowest BCUT2D eigenvalue weighted by Gasteiger charge is -2.27. The number of ether oxygens (including phenoxy) is 2. The van der Waals surface area contributed by atoms with E-state index in [4.69, 9.17) is 14.6 Å². The van der Waals surface area contributed by atoms with Crippen LogP contribution in [-0.2, 0) is 9.59 Å². The molecular formula is C18H16FNO5. The first-order chi connectivity index (χ1) is 12.0. The molecule has 1 aliphatic heterocycles. The van der Waals surface area contributed by atoms with Crippen molar-refractivity contribution in [3.05, 3.63) is 59.9 Å². The summed E-state index contributed by atoms with van der Waals surface area (Å²) in [6.07, 6.45) is -1.23. The van der Waals surface area contributed by atoms with Crippen LogP contribution in [0.15, 0.2) is 48.5 Å². The molecule has 0 saturated heterocycles. The highest BCUT2D eigenvalue weighted by Crippen LogP contribution is 2.31. The Hall–Kier alpha value is -3.09. The molecule has 130 valence electrons. The van der Waals surface area contributed by atoms with Crippen molar-refractivity contribution in [2.24, 2.45) is 0 Å². The summed E-state index contributed by atoms with van der Waals surface area (Å²) in [4.78, 5) is 23.5. The zero-order valence-corrected chi connectivity index (χ0v) is 13.1. The second-order valence-electron chi connectivity index (χ2n) is 5.57. The van der Waals surface area contributed by atoms with Crippen molar-refractivity contribution in [1.82, 2.24) is 5.32 Å². The molecule has 3 rings (SSSR count). The maximum Gasteiger partial charge on any atom is 0.305 e. The minimum absolute atomic E-state index is 0.0199. The van der Waals surface area contributed by atoms with Crippen molar-refractivity contribution < 1.29 is 28.6 Å². The van der Waals surface area contributed by atoms with Crippen LogP contribution in [0.1, 0.15) is 18.0 Å². The number of benzene rings is 2. The van der Waals surface area contributed by atoms with E-state index in [2.05, 4.69) is 5.32 Å². The number of nitrogens with one attached hydrogen (secondary N) is 1. The molecule has 0 fully saturated rings. The zero-order chi connectivity index (χ0) is 17.8. The second kappa shape index (κ2) is 7.21. The Morgan fingerprint density at radius 1 is 1.16 bits per heavy atom. The monoisotopic (exact) mass is 345 g/mol. The minimum atomic E-state index is -1.08. The molecule has 0 aliphatic carbocycles. The van der Waals surface area contributed by atoms with Crippen molar-refractivity contribution in [3.63, 3.8) is 0 Å². The lowest BCUT2D eigenvalue weighted by molar-refractivity contribution is -0.138. The van der Waals surface area contributed by atoms with Gasteiger partial charge in [0.2, 0.25) is 6.10 Å². The van der Waals surface area contributed by atoms with Gasteiger partial charge in [0.1, 0.15) is 12.4 Å². The zero-order valence-electron chi connectivity index (χ0n) is 13.1. The van der Waals surface area contributed by atoms with Gasteiger partial charge < -0.3 is 19.9 Å². The molecule has 0 saturated carbocycles. The lowest BCUT2D eigenvalue weighted by Crippen LogP contribution is -2.45. The summed E-state index contributed by atoms with van der Waals surface area (Å²) in [5, 5.41) is 11.7. The van der Waals surface area contributed by atoms with Crippen LogP contribution < -0.4 is 14.8 Å². The van der Waals surface area contributed by atoms with Crippen molar-refractivity contribution in [3.8, 4) is 11.5 Å². The molecular weight excluding hydrogens is 329 g/mol. The second-order valence-corrected chi connectivity index (χ2v) is 5.57. The van der Waals surface area contributed by atoms with Crippen LogP contribution in [0.25, 0.3) is 0 Å². The van der Waals surface area contributed by atoms with Gasteiger partial charge >= 0.3 is 5.97 Å². The molecule has 0 radical (unpaired) electrons. The van der Waals surface area contributed by atoms with Crippen LogP contribution in [0, 0.1) is 5.82 Å². The molecule has 2 aromatic carbocycles. The predicted octanol–water partition coefficient (Wildman–Crippen LogP) is 2.30. The summed E-state index contributed by atoms with van der Waals surface area (Å²) < 4.78 is 24.2. The van der Waals surface area contributed by atoms with Gasteiger partial charge in [0.25, 0.3) is 5.91 Å². The fraction of sp³-hybridized carbons (Fsp3) is 0.222. The highest BCUT2D eigenvalue weighted by atomic mass is 19.1. The predicted molar refractivity (Wildman–Crippen MR) is 85.9 cm³/mol. The highest BCUT2D eigenvalue weighted by Gasteiger charge is 2.29. The molecule has 25 heavy (non-hydrogen) atoms. The molecule has 0 bridgehead atoms. The van der Waals surface area contributed by atoms with E-state index in [9.17, 15) is 14.0 Å². The summed E-state index contributed by atoms with van der Waals surface area (Å²) >= 11 is 0. The Morgan fingerprint density at radius 3 is 2.52 bits per heavy atom. The number of carboxylic acids is 1. The number of halogens is 1. The molecule has 1 heterocycles. The number of fused-ring (bicyclic) bond motifs is 1. The van der Waals surface area contributed by atoms with Gasteiger partial charge in [-0.25, -0.2) is 4.39 Å². The molecule has 2 atom stereocenters. The van der Waals surface area contributed by atoms with Crippen molar-refractivity contribution >= 4 is 11.9 Å². The maximum absolute atomic E-state index is 13.1. The summed E-state index contributed by atoms with van der Waals surface area (Å²) in [6.45, 7) is 0.0199. The number of aliphatic carboxylic acids is 1. The molecule has 0 spiro atoms. The van der Waals surface area contributed by atoms with Gasteiger partial charge in [0, 0.05) is 0 Å². The van der Waals surface area contributed by atoms with Gasteiger partial charge in [0.05, 0.1) is 12.5 Å². The number of carbonyl (C=O) groups is 2. The largest absolute Gasteiger partial charge is 0.485 e. The third-order valence-corrected chi connectivity index (χ3v) is 3.77. The third kappa shape index (κ3) is 4.06. The van der Waals surface area contributed by atoms with Gasteiger partial charge in [-0.2, -0.15) is 0 Å². The van der Waals surface area contributed by atoms with Crippen LogP contribution in [-0.4, -0.2) is 29.7 Å². The number of carbonyl (C=O) groups excluding carboxylic acids is 1. The summed E-state index contributed by atoms with van der Waals surface area (Å²) in [7, 11) is 0. The average Bonchev–Trinajstić information content (AvgIpc) is 2.61. The number of carboxylic acid groups (broad SMARTS) is 1. The van der Waals surface area contributed by atoms with Gasteiger partial charge in [-0.05, 0) is 29.8 Å². The molecule has 2 unspecified atom stereocenters. The first-order valence-electron chi connectivity index (χ1n) is 7.69. The molecule has 6 nitrogen and oxygen atoms in total. The fourth-order valence-corrected chi connectivity index (χ4v) is 2.54. The number of rotatable bonds is 5. The van der Waals surface area contributed by atoms with Crippen LogP contribution in [0.4, 0.5) is 4.39 Å². The molecule has 2 aromatic rings. The number of amides is 1. The maximum atomic E-state index is 13.1. The Labute approximate surface area is 143 Å². The normalized spacial score (nSPS) is 16.8. The SMILES string of the molecule is O=C(O)CC(NC(=O)C1COc2ccccc2O1)c1ccc(F)cc1. The molecule has 2 N–H and O–H groups in total. The van der Waals surface area contributed by atoms with E-state index in [0.717, 1.165) is 0 Å². The number of para-hydroxylation sites is 2. The van der Waals surface area contributed by atoms with E-state index in [1.165, 1.54) is 24.3 Å². The Balaban J connectivity index is 1.72. The van der Waals surface area contributed by atoms with Gasteiger partial charge in [-0.1, -0.05) is 24.3 Å². The van der Waals surface area contributed by atoms with E-state index < -0.39 is 29.8 Å². The molecule has 1 amide bonds. The van der Waals surface area contributed by atoms with E-state index in [1.807, 2.05) is 0 Å². The average molecular weight is 345 g/mol. The third-order valence-electron chi connectivity index (χ3n) is 3.77. The lowest BCUT2D eigenvalue weighted by atomic mass is 10.0. The molecule has 1 aliphatic rings. The quantitative estimate of drug-likeness (QED) is 0.869. The van der Waals surface area contributed by atoms with E-state index in [1.54, 1.807) is 24.3 Å². The highest BCUT2D eigenvalue weighted by molar-refractivity contribution is 5.83. The first kappa shape index (κ1) is 16.8. The van der Waals surface area contributed by atoms with E-state index in [0.29, 0.717) is 17.1 Å². The topological polar surface area (TPSA) is 84.9 Å². The fourth-order valence-electron chi connectivity index (χ4n) is 2.54. The molecule has 0 aromatic heterocycles. The number of hydrogen-bond acceptors (Lipinski definition) is 4. The summed E-state index contributed by atoms with van der Waals surface area (Å²) in [5.41, 5.74) is 0.495. The Kier molecular flexibility index (Phi) is 4.83. The summed E-state index contributed by atoms with van der Waals surface area (Å²) in [5.74, 6) is -1.02. The standard InChI is InChI=1S/C18H16FNO5/c19-12-7-5-11(6-8-12)13(9-17(21)22)20-18(23)16-10-24-14-3-1-2-4-15(14)25-16/h1-8,13,16H,9-10H2,(H,20,23)(H,21,22). The number of hydrogen-bond donors (Lipinski definition) is 2. The molecule has 7 heteroatoms. The van der Waals surface area contributed by atoms with Crippen molar-refractivity contribution in [2.45, 2.75) is 18.6 Å². The van der Waals surface area contributed by atoms with E-state index in [-0.39, 0.29) is 13.0 Å². The van der Waals surface area contributed by atoms with Gasteiger partial charge in [-0.3, -0.25) is 9.59 Å². The van der Waals surface area contributed by atoms with Crippen LogP contribution in [0.3, 0.4) is 0 Å². The van der Waals surface area contributed by atoms with Crippen LogP contribution in [0.2, 0.25) is 0 Å². The van der Waals surface area contributed by atoms with E-state index >= 15 is 0 Å². The van der Waals surface area contributed by atoms with Gasteiger partial charge in [0.15, 0.2) is 11.5 Å². The smallest absolute Gasteiger partial charge is 0.305 e. The van der Waals surface area contributed by atoms with Gasteiger partial charge in [-0.15, -0.1) is 0 Å². The van der Waals surface area contributed by atoms with Crippen LogP contribution in [0.5, 0.6) is 11.5 Å². The van der Waals surface area contributed by atoms with Crippen LogP contribution >= 0.6 is 0 Å². The first-order valence-corrected chi connectivity index (χ1v) is 7.69.